The number of aromatic nitrogens is 1. The number of ether oxygens (including phenoxy) is 1. The van der Waals surface area contributed by atoms with Crippen LogP contribution >= 0.6 is 34.5 Å². The fraction of sp³-hybridized carbons (Fsp3) is 0.118. The van der Waals surface area contributed by atoms with E-state index in [1.807, 2.05) is 83.4 Å². The molecule has 1 aliphatic heterocycles. The number of fused-ring (bicyclic) bond motifs is 3. The molecule has 202 valence electrons. The number of allylic oxidation sites excluding steroid dienone is 1. The van der Waals surface area contributed by atoms with E-state index in [-0.39, 0.29) is 11.6 Å². The number of halogens is 2. The molecular formula is C34H24Cl2N2O2S. The van der Waals surface area contributed by atoms with Gasteiger partial charge >= 0.3 is 0 Å². The van der Waals surface area contributed by atoms with E-state index >= 15 is 0 Å². The van der Waals surface area contributed by atoms with Crippen molar-refractivity contribution in [2.75, 3.05) is 0 Å². The van der Waals surface area contributed by atoms with Gasteiger partial charge in [0, 0.05) is 21.2 Å². The van der Waals surface area contributed by atoms with E-state index in [0.29, 0.717) is 31.7 Å². The topological polar surface area (TPSA) is 43.6 Å². The maximum absolute atomic E-state index is 14.0. The van der Waals surface area contributed by atoms with Gasteiger partial charge in [0.25, 0.3) is 5.56 Å². The van der Waals surface area contributed by atoms with Crippen LogP contribution in [0.5, 0.6) is 5.75 Å². The van der Waals surface area contributed by atoms with Crippen molar-refractivity contribution in [2.45, 2.75) is 25.5 Å². The third-order valence-electron chi connectivity index (χ3n) is 7.57. The molecule has 0 radical (unpaired) electrons. The van der Waals surface area contributed by atoms with Crippen LogP contribution in [-0.2, 0) is 13.0 Å². The van der Waals surface area contributed by atoms with Crippen molar-refractivity contribution < 1.29 is 4.74 Å². The molecule has 0 bridgehead atoms. The molecule has 7 rings (SSSR count). The van der Waals surface area contributed by atoms with Gasteiger partial charge in [-0.3, -0.25) is 9.36 Å². The van der Waals surface area contributed by atoms with Crippen molar-refractivity contribution >= 4 is 46.3 Å². The highest BCUT2D eigenvalue weighted by atomic mass is 35.5. The van der Waals surface area contributed by atoms with Crippen molar-refractivity contribution in [1.29, 1.82) is 0 Å². The maximum Gasteiger partial charge on any atom is 0.271 e. The molecule has 2 aliphatic rings. The van der Waals surface area contributed by atoms with E-state index in [9.17, 15) is 4.79 Å². The van der Waals surface area contributed by atoms with Crippen molar-refractivity contribution in [3.63, 3.8) is 0 Å². The average molecular weight is 596 g/mol. The Hall–Kier alpha value is -3.90. The van der Waals surface area contributed by atoms with Gasteiger partial charge in [0.1, 0.15) is 12.4 Å². The Kier molecular flexibility index (Phi) is 6.87. The Bertz CT molecular complexity index is 2010. The summed E-state index contributed by atoms with van der Waals surface area (Å²) in [5.74, 6) is 0.706. The first-order chi connectivity index (χ1) is 20.0. The lowest BCUT2D eigenvalue weighted by Crippen LogP contribution is -2.38. The Morgan fingerprint density at radius 1 is 0.927 bits per heavy atom. The second-order valence-electron chi connectivity index (χ2n) is 10.1. The minimum absolute atomic E-state index is 0.0542. The van der Waals surface area contributed by atoms with Gasteiger partial charge in [-0.2, -0.15) is 0 Å². The van der Waals surface area contributed by atoms with Crippen LogP contribution in [0, 0.1) is 0 Å². The summed E-state index contributed by atoms with van der Waals surface area (Å²) in [6.45, 7) is 0.361. The predicted octanol–water partition coefficient (Wildman–Crippen LogP) is 7.20. The number of thiazole rings is 1. The quantitative estimate of drug-likeness (QED) is 0.216. The number of rotatable bonds is 5. The average Bonchev–Trinajstić information content (AvgIpc) is 3.30. The smallest absolute Gasteiger partial charge is 0.271 e. The van der Waals surface area contributed by atoms with Gasteiger partial charge in [0.15, 0.2) is 4.80 Å². The fourth-order valence-electron chi connectivity index (χ4n) is 5.59. The number of aryl methyl sites for hydroxylation is 1. The van der Waals surface area contributed by atoms with Gasteiger partial charge in [0.05, 0.1) is 16.3 Å². The zero-order valence-corrected chi connectivity index (χ0v) is 24.2. The van der Waals surface area contributed by atoms with Crippen LogP contribution in [0.3, 0.4) is 0 Å². The van der Waals surface area contributed by atoms with Gasteiger partial charge in [-0.05, 0) is 71.5 Å². The molecule has 0 saturated heterocycles. The first-order valence-electron chi connectivity index (χ1n) is 13.4. The summed E-state index contributed by atoms with van der Waals surface area (Å²) in [5.41, 5.74) is 7.35. The molecule has 1 aromatic heterocycles. The van der Waals surface area contributed by atoms with Crippen LogP contribution in [0.1, 0.15) is 40.3 Å². The Balaban J connectivity index is 1.32. The minimum atomic E-state index is -0.237. The molecule has 0 spiro atoms. The van der Waals surface area contributed by atoms with Crippen LogP contribution < -0.4 is 19.6 Å². The van der Waals surface area contributed by atoms with Crippen LogP contribution in [0.2, 0.25) is 10.0 Å². The summed E-state index contributed by atoms with van der Waals surface area (Å²) >= 11 is 13.9. The first kappa shape index (κ1) is 26.0. The van der Waals surface area contributed by atoms with Gasteiger partial charge in [-0.15, -0.1) is 0 Å². The van der Waals surface area contributed by atoms with E-state index < -0.39 is 0 Å². The SMILES string of the molecule is O=c1/c(=C/c2cccc(OCc3ccccc3Cl)c2)sc2n1[C@@H](c1ccc(Cl)cc1)C1=C(N=2)c2ccccc2CC1. The molecule has 7 heteroatoms. The predicted molar refractivity (Wildman–Crippen MR) is 166 cm³/mol. The summed E-state index contributed by atoms with van der Waals surface area (Å²) in [5, 5.41) is 1.34. The van der Waals surface area contributed by atoms with E-state index in [0.717, 1.165) is 40.8 Å². The highest BCUT2D eigenvalue weighted by Gasteiger charge is 2.32. The molecule has 0 N–H and O–H groups in total. The lowest BCUT2D eigenvalue weighted by atomic mass is 9.83. The van der Waals surface area contributed by atoms with Crippen LogP contribution in [-0.4, -0.2) is 4.57 Å². The van der Waals surface area contributed by atoms with Gasteiger partial charge in [-0.1, -0.05) is 101 Å². The molecular weight excluding hydrogens is 571 g/mol. The number of hydrogen-bond donors (Lipinski definition) is 0. The molecule has 2 heterocycles. The molecule has 1 aliphatic carbocycles. The van der Waals surface area contributed by atoms with E-state index in [4.69, 9.17) is 32.9 Å². The second-order valence-corrected chi connectivity index (χ2v) is 12.0. The van der Waals surface area contributed by atoms with Gasteiger partial charge < -0.3 is 4.74 Å². The first-order valence-corrected chi connectivity index (χ1v) is 15.0. The lowest BCUT2D eigenvalue weighted by molar-refractivity contribution is 0.306. The molecule has 0 amide bonds. The number of nitrogens with zero attached hydrogens (tertiary/aromatic N) is 2. The van der Waals surface area contributed by atoms with Crippen molar-refractivity contribution in [2.24, 2.45) is 4.99 Å². The summed E-state index contributed by atoms with van der Waals surface area (Å²) in [7, 11) is 0. The van der Waals surface area contributed by atoms with Crippen molar-refractivity contribution in [3.8, 4) is 5.75 Å². The Labute approximate surface area is 251 Å². The van der Waals surface area contributed by atoms with E-state index in [2.05, 4.69) is 24.3 Å². The number of hydrogen-bond acceptors (Lipinski definition) is 4. The summed E-state index contributed by atoms with van der Waals surface area (Å²) in [6.07, 6.45) is 3.68. The summed E-state index contributed by atoms with van der Waals surface area (Å²) < 4.78 is 8.50. The molecule has 0 unspecified atom stereocenters. The number of benzene rings is 4. The fourth-order valence-corrected chi connectivity index (χ4v) is 6.91. The Morgan fingerprint density at radius 3 is 2.59 bits per heavy atom. The molecule has 41 heavy (non-hydrogen) atoms. The third kappa shape index (κ3) is 4.95. The summed E-state index contributed by atoms with van der Waals surface area (Å²) in [4.78, 5) is 19.8. The monoisotopic (exact) mass is 594 g/mol. The minimum Gasteiger partial charge on any atom is -0.489 e. The standard InChI is InChI=1S/C34H24Cl2N2O2S/c35-25-15-12-23(13-16-25)32-28-17-14-22-7-1-3-10-27(22)31(28)37-34-38(32)33(39)30(41-34)19-21-6-5-9-26(18-21)40-20-24-8-2-4-11-29(24)36/h1-13,15-16,18-19,32H,14,17,20H2/b30-19-/t32-/m0/s1. The molecule has 4 aromatic carbocycles. The van der Waals surface area contributed by atoms with Gasteiger partial charge in [-0.25, -0.2) is 4.99 Å². The van der Waals surface area contributed by atoms with E-state index in [1.54, 1.807) is 0 Å². The third-order valence-corrected chi connectivity index (χ3v) is 9.17. The molecule has 5 aromatic rings. The molecule has 0 saturated carbocycles. The molecule has 0 fully saturated rings. The second kappa shape index (κ2) is 10.8. The zero-order chi connectivity index (χ0) is 27.9. The van der Waals surface area contributed by atoms with Crippen molar-refractivity contribution in [1.82, 2.24) is 4.57 Å². The van der Waals surface area contributed by atoms with E-state index in [1.165, 1.54) is 22.5 Å². The lowest BCUT2D eigenvalue weighted by Gasteiger charge is -2.30. The van der Waals surface area contributed by atoms with Crippen LogP contribution in [0.15, 0.2) is 112 Å². The maximum atomic E-state index is 14.0. The highest BCUT2D eigenvalue weighted by molar-refractivity contribution is 7.07. The van der Waals surface area contributed by atoms with Crippen LogP contribution in [0.4, 0.5) is 0 Å². The van der Waals surface area contributed by atoms with Gasteiger partial charge in [0.2, 0.25) is 0 Å². The summed E-state index contributed by atoms with van der Waals surface area (Å²) in [6, 6.07) is 31.4. The molecule has 4 nitrogen and oxygen atoms in total. The highest BCUT2D eigenvalue weighted by Crippen LogP contribution is 2.41. The zero-order valence-electron chi connectivity index (χ0n) is 21.9. The van der Waals surface area contributed by atoms with Crippen LogP contribution in [0.25, 0.3) is 11.8 Å². The Morgan fingerprint density at radius 2 is 1.73 bits per heavy atom. The largest absolute Gasteiger partial charge is 0.489 e. The van der Waals surface area contributed by atoms with Crippen molar-refractivity contribution in [3.05, 3.63) is 160 Å². The molecule has 1 atom stereocenters. The normalized spacial score (nSPS) is 16.0.